The van der Waals surface area contributed by atoms with Crippen molar-refractivity contribution < 1.29 is 31.7 Å². The van der Waals surface area contributed by atoms with E-state index in [1.165, 1.54) is 38.1 Å². The third-order valence-corrected chi connectivity index (χ3v) is 8.80. The van der Waals surface area contributed by atoms with Gasteiger partial charge in [0.25, 0.3) is 15.9 Å². The van der Waals surface area contributed by atoms with Crippen molar-refractivity contribution in [3.63, 3.8) is 0 Å². The van der Waals surface area contributed by atoms with Crippen LogP contribution in [0.15, 0.2) is 51.9 Å². The lowest BCUT2D eigenvalue weighted by Crippen LogP contribution is -2.58. The van der Waals surface area contributed by atoms with E-state index in [1.54, 1.807) is 23.1 Å². The fourth-order valence-electron chi connectivity index (χ4n) is 4.91. The van der Waals surface area contributed by atoms with Gasteiger partial charge in [-0.2, -0.15) is 0 Å². The summed E-state index contributed by atoms with van der Waals surface area (Å²) >= 11 is 6.13. The van der Waals surface area contributed by atoms with Gasteiger partial charge in [0, 0.05) is 42.3 Å². The Labute approximate surface area is 243 Å². The molecule has 0 aliphatic carbocycles. The second-order valence-corrected chi connectivity index (χ2v) is 12.3. The van der Waals surface area contributed by atoms with E-state index in [0.717, 1.165) is 5.56 Å². The molecular weight excluding hydrogens is 575 g/mol. The van der Waals surface area contributed by atoms with E-state index in [9.17, 15) is 22.4 Å². The molecule has 3 aromatic rings. The van der Waals surface area contributed by atoms with Crippen LogP contribution in [-0.2, 0) is 32.6 Å². The van der Waals surface area contributed by atoms with Crippen molar-refractivity contribution in [2.24, 2.45) is 0 Å². The fraction of sp³-hybridized carbons (Fsp3) is 0.393. The van der Waals surface area contributed by atoms with Crippen LogP contribution >= 0.6 is 11.6 Å². The van der Waals surface area contributed by atoms with Crippen LogP contribution in [0.1, 0.15) is 36.4 Å². The standard InChI is InChI=1S/C28H32ClFN4O6S/c1-17-14-34(18(2)13-33(17)15-21-5-8-24(30)9-6-21)27(36)16-39-25-10-7-23(29)11-22(25)12-26(35)32-41(37,38)28-19(3)31-40-20(28)4/h5-11,17-18H,12-16H2,1-4H3,(H,32,35)/t17-,18+/m0/s1. The molecule has 1 aliphatic rings. The van der Waals surface area contributed by atoms with Crippen molar-refractivity contribution in [3.05, 3.63) is 75.9 Å². The molecule has 0 unspecified atom stereocenters. The Morgan fingerprint density at radius 3 is 2.49 bits per heavy atom. The Kier molecular flexibility index (Phi) is 9.35. The molecule has 1 aliphatic heterocycles. The molecule has 0 saturated carbocycles. The normalized spacial score (nSPS) is 17.9. The zero-order valence-electron chi connectivity index (χ0n) is 23.2. The number of rotatable bonds is 9. The number of hydrogen-bond donors (Lipinski definition) is 1. The molecule has 4 rings (SSSR count). The molecule has 1 fully saturated rings. The second-order valence-electron chi connectivity index (χ2n) is 10.2. The van der Waals surface area contributed by atoms with Crippen LogP contribution in [0, 0.1) is 19.7 Å². The number of aromatic nitrogens is 1. The minimum atomic E-state index is -4.21. The first-order valence-electron chi connectivity index (χ1n) is 13.0. The highest BCUT2D eigenvalue weighted by Crippen LogP contribution is 2.25. The summed E-state index contributed by atoms with van der Waals surface area (Å²) in [6.45, 7) is 8.38. The third kappa shape index (κ3) is 7.43. The maximum Gasteiger partial charge on any atom is 0.269 e. The van der Waals surface area contributed by atoms with Crippen LogP contribution in [0.3, 0.4) is 0 Å². The molecule has 0 radical (unpaired) electrons. The number of ether oxygens (including phenoxy) is 1. The van der Waals surface area contributed by atoms with Gasteiger partial charge in [0.05, 0.1) is 6.42 Å². The van der Waals surface area contributed by atoms with Crippen molar-refractivity contribution >= 4 is 33.4 Å². The number of halogens is 2. The minimum Gasteiger partial charge on any atom is -0.483 e. The number of carbonyl (C=O) groups excluding carboxylic acids is 2. The van der Waals surface area contributed by atoms with Gasteiger partial charge in [0.1, 0.15) is 17.3 Å². The Hall–Kier alpha value is -3.48. The molecule has 1 N–H and O–H groups in total. The molecule has 13 heteroatoms. The minimum absolute atomic E-state index is 0.0629. The van der Waals surface area contributed by atoms with Crippen molar-refractivity contribution in [2.75, 3.05) is 19.7 Å². The largest absolute Gasteiger partial charge is 0.483 e. The van der Waals surface area contributed by atoms with Gasteiger partial charge in [-0.1, -0.05) is 28.9 Å². The first kappa shape index (κ1) is 30.5. The topological polar surface area (TPSA) is 122 Å². The SMILES string of the molecule is Cc1noc(C)c1S(=O)(=O)NC(=O)Cc1cc(Cl)ccc1OCC(=O)N1C[C@H](C)N(Cc2ccc(F)cc2)C[C@H]1C. The van der Waals surface area contributed by atoms with Gasteiger partial charge >= 0.3 is 0 Å². The molecule has 220 valence electrons. The number of benzene rings is 2. The summed E-state index contributed by atoms with van der Waals surface area (Å²) in [6.07, 6.45) is -0.359. The average Bonchev–Trinajstić information content (AvgIpc) is 3.24. The van der Waals surface area contributed by atoms with E-state index in [1.807, 2.05) is 18.6 Å². The molecule has 2 atom stereocenters. The molecule has 1 aromatic heterocycles. The molecule has 0 spiro atoms. The van der Waals surface area contributed by atoms with Gasteiger partial charge < -0.3 is 14.2 Å². The molecule has 10 nitrogen and oxygen atoms in total. The Morgan fingerprint density at radius 1 is 1.12 bits per heavy atom. The summed E-state index contributed by atoms with van der Waals surface area (Å²) in [5.74, 6) is -1.02. The zero-order chi connectivity index (χ0) is 29.9. The van der Waals surface area contributed by atoms with Gasteiger partial charge in [0.2, 0.25) is 5.91 Å². The lowest BCUT2D eigenvalue weighted by atomic mass is 10.1. The van der Waals surface area contributed by atoms with Gasteiger partial charge in [-0.3, -0.25) is 14.5 Å². The molecule has 1 saturated heterocycles. The van der Waals surface area contributed by atoms with Crippen molar-refractivity contribution in [3.8, 4) is 5.75 Å². The van der Waals surface area contributed by atoms with Crippen LogP contribution in [0.4, 0.5) is 4.39 Å². The highest BCUT2D eigenvalue weighted by molar-refractivity contribution is 7.90. The van der Waals surface area contributed by atoms with E-state index in [0.29, 0.717) is 30.2 Å². The number of carbonyl (C=O) groups is 2. The van der Waals surface area contributed by atoms with E-state index in [2.05, 4.69) is 10.1 Å². The predicted octanol–water partition coefficient (Wildman–Crippen LogP) is 3.63. The Balaban J connectivity index is 1.37. The quantitative estimate of drug-likeness (QED) is 0.392. The highest BCUT2D eigenvalue weighted by Gasteiger charge is 2.32. The summed E-state index contributed by atoms with van der Waals surface area (Å²) in [6, 6.07) is 10.9. The number of nitrogens with one attached hydrogen (secondary N) is 1. The smallest absolute Gasteiger partial charge is 0.269 e. The Bertz CT molecular complexity index is 1510. The van der Waals surface area contributed by atoms with Crippen LogP contribution in [-0.4, -0.2) is 67.0 Å². The number of hydrogen-bond acceptors (Lipinski definition) is 8. The molecular formula is C28H32ClFN4O6S. The van der Waals surface area contributed by atoms with Crippen molar-refractivity contribution in [2.45, 2.75) is 57.6 Å². The van der Waals surface area contributed by atoms with Crippen LogP contribution in [0.2, 0.25) is 5.02 Å². The second kappa shape index (κ2) is 12.6. The fourth-order valence-corrected chi connectivity index (χ4v) is 6.42. The first-order valence-corrected chi connectivity index (χ1v) is 14.9. The summed E-state index contributed by atoms with van der Waals surface area (Å²) in [7, 11) is -4.21. The van der Waals surface area contributed by atoms with E-state index in [4.69, 9.17) is 20.9 Å². The number of sulfonamides is 1. The number of nitrogens with zero attached hydrogens (tertiary/aromatic N) is 3. The average molecular weight is 607 g/mol. The van der Waals surface area contributed by atoms with Gasteiger partial charge in [-0.15, -0.1) is 0 Å². The number of amides is 2. The summed E-state index contributed by atoms with van der Waals surface area (Å²) in [5.41, 5.74) is 1.45. The van der Waals surface area contributed by atoms with Crippen LogP contribution in [0.25, 0.3) is 0 Å². The molecule has 2 heterocycles. The molecule has 2 aromatic carbocycles. The predicted molar refractivity (Wildman–Crippen MR) is 149 cm³/mol. The lowest BCUT2D eigenvalue weighted by molar-refractivity contribution is -0.139. The van der Waals surface area contributed by atoms with Gasteiger partial charge in [-0.05, 0) is 63.6 Å². The maximum absolute atomic E-state index is 13.3. The summed E-state index contributed by atoms with van der Waals surface area (Å²) < 4.78 is 51.4. The zero-order valence-corrected chi connectivity index (χ0v) is 24.8. The summed E-state index contributed by atoms with van der Waals surface area (Å²) in [4.78, 5) is 29.7. The highest BCUT2D eigenvalue weighted by atomic mass is 35.5. The summed E-state index contributed by atoms with van der Waals surface area (Å²) in [5, 5.41) is 3.94. The number of piperazine rings is 1. The van der Waals surface area contributed by atoms with Crippen LogP contribution < -0.4 is 9.46 Å². The number of aryl methyl sites for hydroxylation is 2. The van der Waals surface area contributed by atoms with Crippen molar-refractivity contribution in [1.29, 1.82) is 0 Å². The van der Waals surface area contributed by atoms with Gasteiger partial charge in [-0.25, -0.2) is 17.5 Å². The van der Waals surface area contributed by atoms with E-state index in [-0.39, 0.29) is 58.9 Å². The molecule has 0 bridgehead atoms. The molecule has 41 heavy (non-hydrogen) atoms. The lowest BCUT2D eigenvalue weighted by Gasteiger charge is -2.44. The van der Waals surface area contributed by atoms with Gasteiger partial charge in [0.15, 0.2) is 17.3 Å². The monoisotopic (exact) mass is 606 g/mol. The van der Waals surface area contributed by atoms with Crippen LogP contribution in [0.5, 0.6) is 5.75 Å². The maximum atomic E-state index is 13.3. The first-order chi connectivity index (χ1) is 19.3. The Morgan fingerprint density at radius 2 is 1.83 bits per heavy atom. The van der Waals surface area contributed by atoms with E-state index >= 15 is 0 Å². The third-order valence-electron chi connectivity index (χ3n) is 6.94. The molecule has 2 amide bonds. The van der Waals surface area contributed by atoms with E-state index < -0.39 is 15.9 Å². The van der Waals surface area contributed by atoms with Crippen molar-refractivity contribution in [1.82, 2.24) is 19.7 Å².